The van der Waals surface area contributed by atoms with Gasteiger partial charge in [0, 0.05) is 54.3 Å². The third kappa shape index (κ3) is 4.37. The van der Waals surface area contributed by atoms with E-state index in [2.05, 4.69) is 23.5 Å². The molecule has 4 aromatic rings. The molecule has 2 fully saturated rings. The Labute approximate surface area is 225 Å². The lowest BCUT2D eigenvalue weighted by Crippen LogP contribution is -2.51. The number of benzene rings is 2. The molecule has 8 nitrogen and oxygen atoms in total. The second kappa shape index (κ2) is 9.93. The molecule has 0 unspecified atom stereocenters. The standard InChI is InChI=1S/C29H30ClN5O3/c1-3-27(36)34-14-18(15-34)16-35-26-13-23(30)22(20-7-4-8-24-21(20)9-10-31-24)12-25(26)32-28(29(35)37)38-17-19-6-5-11-33(19)2/h3-4,7-10,12-13,18-19,31H,1,5-6,11,14-17H2,2H3/t19-/m0/s1. The van der Waals surface area contributed by atoms with Crippen molar-refractivity contribution >= 4 is 39.4 Å². The molecule has 38 heavy (non-hydrogen) atoms. The van der Waals surface area contributed by atoms with Crippen LogP contribution in [0.4, 0.5) is 0 Å². The number of hydrogen-bond donors (Lipinski definition) is 1. The Bertz CT molecular complexity index is 1600. The fourth-order valence-corrected chi connectivity index (χ4v) is 5.92. The summed E-state index contributed by atoms with van der Waals surface area (Å²) in [5.74, 6) is 0.150. The number of fused-ring (bicyclic) bond motifs is 2. The van der Waals surface area contributed by atoms with Gasteiger partial charge in [-0.05, 0) is 62.3 Å². The summed E-state index contributed by atoms with van der Waals surface area (Å²) >= 11 is 6.85. The first-order valence-corrected chi connectivity index (χ1v) is 13.4. The number of nitrogens with zero attached hydrogens (tertiary/aromatic N) is 4. The van der Waals surface area contributed by atoms with E-state index in [-0.39, 0.29) is 29.3 Å². The summed E-state index contributed by atoms with van der Waals surface area (Å²) in [6, 6.07) is 12.1. The highest BCUT2D eigenvalue weighted by atomic mass is 35.5. The molecule has 1 amide bonds. The quantitative estimate of drug-likeness (QED) is 0.359. The van der Waals surface area contributed by atoms with Crippen molar-refractivity contribution in [2.24, 2.45) is 5.92 Å². The minimum atomic E-state index is -0.275. The Morgan fingerprint density at radius 2 is 2.11 bits per heavy atom. The van der Waals surface area contributed by atoms with Crippen LogP contribution >= 0.6 is 11.6 Å². The SMILES string of the molecule is C=CC(=O)N1CC(Cn2c(=O)c(OC[C@@H]3CCCN3C)nc3cc(-c4cccc5[nH]ccc45)c(Cl)cc32)C1. The van der Waals surface area contributed by atoms with Crippen molar-refractivity contribution in [2.75, 3.05) is 33.3 Å². The first-order chi connectivity index (χ1) is 18.4. The maximum absolute atomic E-state index is 13.6. The highest BCUT2D eigenvalue weighted by Crippen LogP contribution is 2.36. The van der Waals surface area contributed by atoms with Gasteiger partial charge >= 0.3 is 5.56 Å². The minimum absolute atomic E-state index is 0.0930. The zero-order chi connectivity index (χ0) is 26.4. The Kier molecular flexibility index (Phi) is 6.45. The van der Waals surface area contributed by atoms with Gasteiger partial charge in [0.05, 0.1) is 16.1 Å². The van der Waals surface area contributed by atoms with E-state index in [1.165, 1.54) is 6.08 Å². The van der Waals surface area contributed by atoms with Crippen LogP contribution in [-0.4, -0.2) is 69.6 Å². The molecule has 6 rings (SSSR count). The highest BCUT2D eigenvalue weighted by Gasteiger charge is 2.31. The van der Waals surface area contributed by atoms with Gasteiger partial charge < -0.3 is 24.1 Å². The summed E-state index contributed by atoms with van der Waals surface area (Å²) in [5.41, 5.74) is 3.87. The van der Waals surface area contributed by atoms with Gasteiger partial charge in [-0.15, -0.1) is 0 Å². The molecule has 2 aromatic heterocycles. The molecule has 4 heterocycles. The Hall–Kier alpha value is -3.62. The van der Waals surface area contributed by atoms with Crippen LogP contribution in [0.2, 0.25) is 5.02 Å². The van der Waals surface area contributed by atoms with E-state index in [1.54, 1.807) is 9.47 Å². The molecule has 0 radical (unpaired) electrons. The molecule has 9 heteroatoms. The Morgan fingerprint density at radius 3 is 2.87 bits per heavy atom. The molecule has 2 aliphatic heterocycles. The highest BCUT2D eigenvalue weighted by molar-refractivity contribution is 6.34. The molecular weight excluding hydrogens is 502 g/mol. The minimum Gasteiger partial charge on any atom is -0.472 e. The predicted octanol–water partition coefficient (Wildman–Crippen LogP) is 4.32. The van der Waals surface area contributed by atoms with E-state index in [0.29, 0.717) is 42.3 Å². The van der Waals surface area contributed by atoms with Crippen molar-refractivity contribution in [2.45, 2.75) is 25.4 Å². The molecule has 196 valence electrons. The zero-order valence-corrected chi connectivity index (χ0v) is 22.1. The monoisotopic (exact) mass is 531 g/mol. The zero-order valence-electron chi connectivity index (χ0n) is 21.3. The van der Waals surface area contributed by atoms with E-state index < -0.39 is 0 Å². The molecule has 2 aliphatic rings. The normalized spacial score (nSPS) is 18.3. The lowest BCUT2D eigenvalue weighted by atomic mass is 9.99. The van der Waals surface area contributed by atoms with E-state index in [0.717, 1.165) is 41.4 Å². The van der Waals surface area contributed by atoms with Gasteiger partial charge in [-0.1, -0.05) is 30.3 Å². The maximum Gasteiger partial charge on any atom is 0.313 e. The first-order valence-electron chi connectivity index (χ1n) is 13.0. The molecule has 2 saturated heterocycles. The number of rotatable bonds is 7. The van der Waals surface area contributed by atoms with Gasteiger partial charge in [0.15, 0.2) is 0 Å². The third-order valence-corrected chi connectivity index (χ3v) is 8.17. The van der Waals surface area contributed by atoms with Crippen LogP contribution in [0, 0.1) is 5.92 Å². The average molecular weight is 532 g/mol. The van der Waals surface area contributed by atoms with Gasteiger partial charge in [-0.25, -0.2) is 4.98 Å². The summed E-state index contributed by atoms with van der Waals surface area (Å²) in [7, 11) is 2.08. The summed E-state index contributed by atoms with van der Waals surface area (Å²) in [6.45, 7) is 6.60. The van der Waals surface area contributed by atoms with Crippen LogP contribution < -0.4 is 10.3 Å². The molecule has 2 aromatic carbocycles. The number of amides is 1. The number of ether oxygens (including phenoxy) is 1. The van der Waals surface area contributed by atoms with E-state index in [4.69, 9.17) is 21.3 Å². The maximum atomic E-state index is 13.6. The van der Waals surface area contributed by atoms with E-state index in [9.17, 15) is 9.59 Å². The van der Waals surface area contributed by atoms with Crippen molar-refractivity contribution in [3.63, 3.8) is 0 Å². The van der Waals surface area contributed by atoms with E-state index in [1.807, 2.05) is 42.6 Å². The second-order valence-electron chi connectivity index (χ2n) is 10.3. The van der Waals surface area contributed by atoms with Gasteiger partial charge in [-0.2, -0.15) is 0 Å². The van der Waals surface area contributed by atoms with Crippen molar-refractivity contribution in [3.05, 3.63) is 70.6 Å². The molecule has 0 spiro atoms. The van der Waals surface area contributed by atoms with Gasteiger partial charge in [0.25, 0.3) is 5.88 Å². The molecular formula is C29H30ClN5O3. The summed E-state index contributed by atoms with van der Waals surface area (Å²) < 4.78 is 7.79. The van der Waals surface area contributed by atoms with Crippen LogP contribution in [0.3, 0.4) is 0 Å². The Balaban J connectivity index is 1.41. The lowest BCUT2D eigenvalue weighted by molar-refractivity contribution is -0.132. The van der Waals surface area contributed by atoms with Crippen molar-refractivity contribution in [1.82, 2.24) is 24.3 Å². The van der Waals surface area contributed by atoms with Crippen molar-refractivity contribution in [1.29, 1.82) is 0 Å². The number of halogens is 1. The summed E-state index contributed by atoms with van der Waals surface area (Å²) in [6.07, 6.45) is 5.38. The van der Waals surface area contributed by atoms with Gasteiger partial charge in [0.2, 0.25) is 5.91 Å². The number of hydrogen-bond acceptors (Lipinski definition) is 5. The lowest BCUT2D eigenvalue weighted by Gasteiger charge is -2.39. The molecule has 1 atom stereocenters. The number of nitrogens with one attached hydrogen (secondary N) is 1. The molecule has 0 aliphatic carbocycles. The average Bonchev–Trinajstić information content (AvgIpc) is 3.54. The molecule has 0 bridgehead atoms. The molecule has 1 N–H and O–H groups in total. The number of aromatic nitrogens is 3. The summed E-state index contributed by atoms with van der Waals surface area (Å²) in [5, 5.41) is 1.60. The van der Waals surface area contributed by atoms with Crippen LogP contribution in [0.1, 0.15) is 12.8 Å². The summed E-state index contributed by atoms with van der Waals surface area (Å²) in [4.78, 5) is 37.5. The van der Waals surface area contributed by atoms with Gasteiger partial charge in [-0.3, -0.25) is 9.59 Å². The number of H-pyrrole nitrogens is 1. The van der Waals surface area contributed by atoms with Crippen LogP contribution in [-0.2, 0) is 11.3 Å². The van der Waals surface area contributed by atoms with Gasteiger partial charge in [0.1, 0.15) is 6.61 Å². The van der Waals surface area contributed by atoms with Crippen LogP contribution in [0.25, 0.3) is 33.1 Å². The predicted molar refractivity (Wildman–Crippen MR) is 150 cm³/mol. The smallest absolute Gasteiger partial charge is 0.313 e. The number of aromatic amines is 1. The van der Waals surface area contributed by atoms with Crippen molar-refractivity contribution in [3.8, 4) is 17.0 Å². The topological polar surface area (TPSA) is 83.5 Å². The van der Waals surface area contributed by atoms with Crippen LogP contribution in [0.15, 0.2) is 60.0 Å². The fraction of sp³-hybridized carbons (Fsp3) is 0.345. The van der Waals surface area contributed by atoms with Crippen LogP contribution in [0.5, 0.6) is 5.88 Å². The number of likely N-dealkylation sites (tertiary alicyclic amines) is 2. The third-order valence-electron chi connectivity index (χ3n) is 7.86. The number of carbonyl (C=O) groups excluding carboxylic acids is 1. The Morgan fingerprint density at radius 1 is 1.26 bits per heavy atom. The van der Waals surface area contributed by atoms with Crippen molar-refractivity contribution < 1.29 is 9.53 Å². The van der Waals surface area contributed by atoms with E-state index >= 15 is 0 Å². The first kappa shape index (κ1) is 24.7. The number of carbonyl (C=O) groups is 1. The number of likely N-dealkylation sites (N-methyl/N-ethyl adjacent to an activating group) is 1. The largest absolute Gasteiger partial charge is 0.472 e. The second-order valence-corrected chi connectivity index (χ2v) is 10.7. The fourth-order valence-electron chi connectivity index (χ4n) is 5.66. The molecule has 0 saturated carbocycles.